The van der Waals surface area contributed by atoms with E-state index in [2.05, 4.69) is 14.3 Å². The third-order valence-corrected chi connectivity index (χ3v) is 7.66. The normalized spacial score (nSPS) is 17.7. The van der Waals surface area contributed by atoms with Gasteiger partial charge in [0.1, 0.15) is 11.3 Å². The fourth-order valence-corrected chi connectivity index (χ4v) is 5.80. The third kappa shape index (κ3) is 3.57. The van der Waals surface area contributed by atoms with Gasteiger partial charge < -0.3 is 4.57 Å². The lowest BCUT2D eigenvalue weighted by molar-refractivity contribution is 0.502. The van der Waals surface area contributed by atoms with Crippen molar-refractivity contribution in [3.63, 3.8) is 0 Å². The first-order valence-electron chi connectivity index (χ1n) is 10.6. The van der Waals surface area contributed by atoms with Crippen LogP contribution in [0.3, 0.4) is 0 Å². The topological polar surface area (TPSA) is 76.9 Å². The van der Waals surface area contributed by atoms with E-state index in [-0.39, 0.29) is 6.54 Å². The maximum absolute atomic E-state index is 13.0. The van der Waals surface area contributed by atoms with Crippen LogP contribution in [0.25, 0.3) is 11.2 Å². The molecule has 6 nitrogen and oxygen atoms in total. The van der Waals surface area contributed by atoms with Gasteiger partial charge in [-0.05, 0) is 73.9 Å². The average molecular weight is 411 g/mol. The number of rotatable bonds is 5. The number of fused-ring (bicyclic) bond motifs is 2. The molecule has 0 unspecified atom stereocenters. The second-order valence-corrected chi connectivity index (χ2v) is 9.91. The zero-order chi connectivity index (χ0) is 19.8. The van der Waals surface area contributed by atoms with Crippen molar-refractivity contribution in [1.29, 1.82) is 0 Å². The van der Waals surface area contributed by atoms with Gasteiger partial charge in [-0.3, -0.25) is 0 Å². The molecule has 2 heterocycles. The molecule has 5 rings (SSSR count). The molecule has 0 atom stereocenters. The van der Waals surface area contributed by atoms with E-state index in [1.54, 1.807) is 12.3 Å². The predicted octanol–water partition coefficient (Wildman–Crippen LogP) is 3.90. The Balaban J connectivity index is 1.43. The van der Waals surface area contributed by atoms with Gasteiger partial charge >= 0.3 is 0 Å². The third-order valence-electron chi connectivity index (χ3n) is 6.26. The molecule has 1 fully saturated rings. The quantitative estimate of drug-likeness (QED) is 0.692. The number of hydrogen-bond acceptors (Lipinski definition) is 4. The first-order valence-corrected chi connectivity index (χ1v) is 12.0. The van der Waals surface area contributed by atoms with Crippen molar-refractivity contribution in [2.24, 2.45) is 0 Å². The van der Waals surface area contributed by atoms with Crippen LogP contribution in [0.15, 0.2) is 41.4 Å². The van der Waals surface area contributed by atoms with Crippen molar-refractivity contribution < 1.29 is 8.42 Å². The monoisotopic (exact) mass is 410 g/mol. The van der Waals surface area contributed by atoms with Crippen LogP contribution in [-0.4, -0.2) is 23.0 Å². The van der Waals surface area contributed by atoms with Crippen molar-refractivity contribution in [2.45, 2.75) is 68.8 Å². The van der Waals surface area contributed by atoms with Gasteiger partial charge in [0, 0.05) is 12.2 Å². The van der Waals surface area contributed by atoms with Crippen LogP contribution < -0.4 is 4.72 Å². The van der Waals surface area contributed by atoms with Crippen LogP contribution in [0.1, 0.15) is 61.5 Å². The van der Waals surface area contributed by atoms with Crippen molar-refractivity contribution in [1.82, 2.24) is 19.3 Å². The van der Waals surface area contributed by atoms with Gasteiger partial charge in [-0.15, -0.1) is 0 Å². The van der Waals surface area contributed by atoms with Crippen LogP contribution in [0.2, 0.25) is 0 Å². The summed E-state index contributed by atoms with van der Waals surface area (Å²) in [6, 6.07) is 9.70. The molecular formula is C22H26N4O2S. The Morgan fingerprint density at radius 1 is 1.03 bits per heavy atom. The highest BCUT2D eigenvalue weighted by Crippen LogP contribution is 2.33. The lowest BCUT2D eigenvalue weighted by Gasteiger charge is -2.18. The lowest BCUT2D eigenvalue weighted by Crippen LogP contribution is -2.26. The van der Waals surface area contributed by atoms with E-state index in [9.17, 15) is 8.42 Å². The van der Waals surface area contributed by atoms with E-state index in [4.69, 9.17) is 4.98 Å². The molecule has 0 aliphatic heterocycles. The Hall–Kier alpha value is -2.25. The summed E-state index contributed by atoms with van der Waals surface area (Å²) in [6.07, 6.45) is 10.7. The van der Waals surface area contributed by atoms with Crippen LogP contribution in [0, 0.1) is 0 Å². The first-order chi connectivity index (χ1) is 14.1. The van der Waals surface area contributed by atoms with Gasteiger partial charge in [-0.2, -0.15) is 0 Å². The van der Waals surface area contributed by atoms with Crippen LogP contribution in [-0.2, 0) is 29.4 Å². The fraction of sp³-hybridized carbons (Fsp3) is 0.455. The average Bonchev–Trinajstić information content (AvgIpc) is 3.39. The van der Waals surface area contributed by atoms with Crippen molar-refractivity contribution in [3.8, 4) is 0 Å². The minimum atomic E-state index is -3.59. The number of sulfonamides is 1. The molecule has 1 N–H and O–H groups in total. The Morgan fingerprint density at radius 2 is 1.83 bits per heavy atom. The second kappa shape index (κ2) is 7.54. The molecule has 3 aromatic rings. The zero-order valence-corrected chi connectivity index (χ0v) is 17.3. The number of aryl methyl sites for hydroxylation is 2. The Labute approximate surface area is 171 Å². The van der Waals surface area contributed by atoms with E-state index in [0.29, 0.717) is 10.9 Å². The van der Waals surface area contributed by atoms with Crippen molar-refractivity contribution in [3.05, 3.63) is 53.5 Å². The highest BCUT2D eigenvalue weighted by atomic mass is 32.2. The maximum Gasteiger partial charge on any atom is 0.240 e. The first kappa shape index (κ1) is 18.8. The van der Waals surface area contributed by atoms with E-state index in [0.717, 1.165) is 49.1 Å². The number of nitrogens with zero attached hydrogens (tertiary/aromatic N) is 3. The van der Waals surface area contributed by atoms with Crippen molar-refractivity contribution in [2.75, 3.05) is 0 Å². The molecule has 0 radical (unpaired) electrons. The van der Waals surface area contributed by atoms with Gasteiger partial charge in [-0.1, -0.05) is 18.9 Å². The summed E-state index contributed by atoms with van der Waals surface area (Å²) >= 11 is 0. The number of pyridine rings is 1. The molecule has 1 saturated carbocycles. The van der Waals surface area contributed by atoms with Crippen LogP contribution in [0.5, 0.6) is 0 Å². The van der Waals surface area contributed by atoms with E-state index >= 15 is 0 Å². The molecule has 1 aromatic carbocycles. The summed E-state index contributed by atoms with van der Waals surface area (Å²) in [5.74, 6) is 0.743. The molecule has 0 bridgehead atoms. The minimum Gasteiger partial charge on any atom is -0.308 e. The summed E-state index contributed by atoms with van der Waals surface area (Å²) < 4.78 is 30.9. The summed E-state index contributed by atoms with van der Waals surface area (Å²) in [4.78, 5) is 9.57. The minimum absolute atomic E-state index is 0.173. The highest BCUT2D eigenvalue weighted by molar-refractivity contribution is 7.89. The highest BCUT2D eigenvalue weighted by Gasteiger charge is 2.25. The molecule has 0 amide bonds. The van der Waals surface area contributed by atoms with Gasteiger partial charge in [0.25, 0.3) is 0 Å². The zero-order valence-electron chi connectivity index (χ0n) is 16.5. The van der Waals surface area contributed by atoms with Gasteiger partial charge in [0.05, 0.1) is 11.4 Å². The number of aromatic nitrogens is 3. The Kier molecular flexibility index (Phi) is 4.87. The Morgan fingerprint density at radius 3 is 2.66 bits per heavy atom. The van der Waals surface area contributed by atoms with Crippen LogP contribution >= 0.6 is 0 Å². The number of hydrogen-bond donors (Lipinski definition) is 1. The predicted molar refractivity (Wildman–Crippen MR) is 112 cm³/mol. The number of imidazole rings is 1. The van der Waals surface area contributed by atoms with Gasteiger partial charge in [-0.25, -0.2) is 23.1 Å². The molecule has 2 aliphatic rings. The molecule has 2 aliphatic carbocycles. The summed E-state index contributed by atoms with van der Waals surface area (Å²) in [5.41, 5.74) is 4.12. The molecule has 0 saturated heterocycles. The molecule has 7 heteroatoms. The summed E-state index contributed by atoms with van der Waals surface area (Å²) in [5, 5.41) is 0. The smallest absolute Gasteiger partial charge is 0.240 e. The van der Waals surface area contributed by atoms with Gasteiger partial charge in [0.15, 0.2) is 5.65 Å². The SMILES string of the molecule is O=S(=O)(NCc1nc2cccnc2n1C1CCCC1)c1ccc2c(c1)CCCC2. The van der Waals surface area contributed by atoms with Crippen molar-refractivity contribution >= 4 is 21.2 Å². The molecular weight excluding hydrogens is 384 g/mol. The maximum atomic E-state index is 13.0. The summed E-state index contributed by atoms with van der Waals surface area (Å²) in [7, 11) is -3.59. The largest absolute Gasteiger partial charge is 0.308 e. The Bertz CT molecular complexity index is 1150. The molecule has 152 valence electrons. The van der Waals surface area contributed by atoms with Gasteiger partial charge in [0.2, 0.25) is 10.0 Å². The molecule has 0 spiro atoms. The molecule has 2 aromatic heterocycles. The lowest BCUT2D eigenvalue weighted by atomic mass is 9.92. The number of nitrogens with one attached hydrogen (secondary N) is 1. The second-order valence-electron chi connectivity index (χ2n) is 8.14. The van der Waals surface area contributed by atoms with E-state index < -0.39 is 10.0 Å². The number of benzene rings is 1. The van der Waals surface area contributed by atoms with E-state index in [1.807, 2.05) is 24.3 Å². The standard InChI is InChI=1S/C22H26N4O2S/c27-29(28,19-12-11-16-6-1-2-7-17(16)14-19)24-15-21-25-20-10-5-13-23-22(20)26(21)18-8-3-4-9-18/h5,10-14,18,24H,1-4,6-9,15H2. The summed E-state index contributed by atoms with van der Waals surface area (Å²) in [6.45, 7) is 0.173. The molecule has 29 heavy (non-hydrogen) atoms. The fourth-order valence-electron chi connectivity index (χ4n) is 4.77. The van der Waals surface area contributed by atoms with Crippen LogP contribution in [0.4, 0.5) is 0 Å². The van der Waals surface area contributed by atoms with E-state index in [1.165, 1.54) is 30.4 Å².